The van der Waals surface area contributed by atoms with Crippen LogP contribution < -0.4 is 0 Å². The molecular formula is C10H13ClOS. The highest BCUT2D eigenvalue weighted by atomic mass is 35.5. The molecule has 0 amide bonds. The second-order valence-electron chi connectivity index (χ2n) is 2.95. The lowest BCUT2D eigenvalue weighted by Gasteiger charge is -2.12. The molecule has 0 bridgehead atoms. The first kappa shape index (κ1) is 10.9. The molecule has 1 aromatic rings. The highest BCUT2D eigenvalue weighted by Gasteiger charge is 2.10. The van der Waals surface area contributed by atoms with Crippen molar-refractivity contribution in [2.24, 2.45) is 0 Å². The van der Waals surface area contributed by atoms with Crippen LogP contribution in [0.3, 0.4) is 0 Å². The monoisotopic (exact) mass is 216 g/mol. The van der Waals surface area contributed by atoms with Gasteiger partial charge < -0.3 is 5.11 Å². The van der Waals surface area contributed by atoms with E-state index in [1.165, 1.54) is 0 Å². The summed E-state index contributed by atoms with van der Waals surface area (Å²) in [6.45, 7) is 2.10. The molecule has 0 aromatic heterocycles. The number of rotatable bonds is 3. The number of hydrogen-bond donors (Lipinski definition) is 1. The fraction of sp³-hybridized carbons (Fsp3) is 0.400. The molecule has 1 rings (SSSR count). The first-order valence-corrected chi connectivity index (χ1v) is 5.74. The third kappa shape index (κ3) is 2.39. The maximum Gasteiger partial charge on any atom is 0.0577 e. The average Bonchev–Trinajstić information content (AvgIpc) is 2.17. The molecule has 1 aromatic carbocycles. The van der Waals surface area contributed by atoms with Crippen LogP contribution in [-0.2, 0) is 0 Å². The Labute approximate surface area is 88.1 Å². The standard InChI is InChI=1S/C10H13ClOS/c1-7(6-12)8-4-3-5-9(13-2)10(8)11/h3-5,7,12H,6H2,1-2H3. The number of aliphatic hydroxyl groups excluding tert-OH is 1. The Bertz CT molecular complexity index is 288. The van der Waals surface area contributed by atoms with Crippen LogP contribution in [0.15, 0.2) is 23.1 Å². The summed E-state index contributed by atoms with van der Waals surface area (Å²) < 4.78 is 0. The van der Waals surface area contributed by atoms with E-state index in [2.05, 4.69) is 0 Å². The fourth-order valence-electron chi connectivity index (χ4n) is 1.16. The molecule has 0 aliphatic rings. The van der Waals surface area contributed by atoms with Crippen molar-refractivity contribution in [1.82, 2.24) is 0 Å². The van der Waals surface area contributed by atoms with Gasteiger partial charge in [0.25, 0.3) is 0 Å². The second kappa shape index (κ2) is 4.89. The topological polar surface area (TPSA) is 20.2 Å². The number of halogens is 1. The summed E-state index contributed by atoms with van der Waals surface area (Å²) in [6.07, 6.45) is 1.99. The Hall–Kier alpha value is -0.180. The third-order valence-corrected chi connectivity index (χ3v) is 3.33. The van der Waals surface area contributed by atoms with Gasteiger partial charge in [-0.05, 0) is 17.9 Å². The fourth-order valence-corrected chi connectivity index (χ4v) is 2.22. The SMILES string of the molecule is CSc1cccc(C(C)CO)c1Cl. The molecule has 0 saturated heterocycles. The lowest BCUT2D eigenvalue weighted by atomic mass is 10.0. The summed E-state index contributed by atoms with van der Waals surface area (Å²) in [7, 11) is 0. The van der Waals surface area contributed by atoms with Crippen molar-refractivity contribution in [1.29, 1.82) is 0 Å². The lowest BCUT2D eigenvalue weighted by molar-refractivity contribution is 0.273. The van der Waals surface area contributed by atoms with Crippen LogP contribution in [0.4, 0.5) is 0 Å². The number of hydrogen-bond acceptors (Lipinski definition) is 2. The zero-order valence-electron chi connectivity index (χ0n) is 7.75. The first-order valence-electron chi connectivity index (χ1n) is 4.14. The van der Waals surface area contributed by atoms with Crippen molar-refractivity contribution < 1.29 is 5.11 Å². The predicted molar refractivity (Wildman–Crippen MR) is 58.7 cm³/mol. The van der Waals surface area contributed by atoms with E-state index < -0.39 is 0 Å². The van der Waals surface area contributed by atoms with E-state index in [0.717, 1.165) is 15.5 Å². The maximum atomic E-state index is 9.01. The minimum atomic E-state index is 0.111. The van der Waals surface area contributed by atoms with Crippen molar-refractivity contribution in [3.05, 3.63) is 28.8 Å². The van der Waals surface area contributed by atoms with Crippen LogP contribution in [0, 0.1) is 0 Å². The summed E-state index contributed by atoms with van der Waals surface area (Å²) in [5.41, 5.74) is 1.02. The Morgan fingerprint density at radius 1 is 1.54 bits per heavy atom. The van der Waals surface area contributed by atoms with Gasteiger partial charge in [-0.2, -0.15) is 0 Å². The van der Waals surface area contributed by atoms with Gasteiger partial charge in [-0.15, -0.1) is 11.8 Å². The summed E-state index contributed by atoms with van der Waals surface area (Å²) in [5.74, 6) is 0.111. The minimum Gasteiger partial charge on any atom is -0.396 e. The summed E-state index contributed by atoms with van der Waals surface area (Å²) >= 11 is 7.77. The van der Waals surface area contributed by atoms with Gasteiger partial charge in [0.15, 0.2) is 0 Å². The van der Waals surface area contributed by atoms with Gasteiger partial charge in [0.05, 0.1) is 5.02 Å². The van der Waals surface area contributed by atoms with Gasteiger partial charge in [0.1, 0.15) is 0 Å². The van der Waals surface area contributed by atoms with E-state index in [1.54, 1.807) is 11.8 Å². The van der Waals surface area contributed by atoms with Crippen molar-refractivity contribution in [3.8, 4) is 0 Å². The highest BCUT2D eigenvalue weighted by molar-refractivity contribution is 7.98. The molecule has 3 heteroatoms. The van der Waals surface area contributed by atoms with E-state index in [0.29, 0.717) is 0 Å². The van der Waals surface area contributed by atoms with Crippen molar-refractivity contribution in [2.45, 2.75) is 17.7 Å². The van der Waals surface area contributed by atoms with Crippen LogP contribution in [0.2, 0.25) is 5.02 Å². The molecule has 0 saturated carbocycles. The number of aliphatic hydroxyl groups is 1. The quantitative estimate of drug-likeness (QED) is 0.784. The smallest absolute Gasteiger partial charge is 0.0577 e. The molecule has 0 aliphatic heterocycles. The van der Waals surface area contributed by atoms with Crippen LogP contribution in [0.25, 0.3) is 0 Å². The normalized spacial score (nSPS) is 12.9. The number of thioether (sulfide) groups is 1. The Morgan fingerprint density at radius 2 is 2.23 bits per heavy atom. The molecule has 13 heavy (non-hydrogen) atoms. The average molecular weight is 217 g/mol. The van der Waals surface area contributed by atoms with Gasteiger partial charge in [0, 0.05) is 17.4 Å². The summed E-state index contributed by atoms with van der Waals surface area (Å²) in [6, 6.07) is 5.92. The molecule has 0 aliphatic carbocycles. The molecule has 1 N–H and O–H groups in total. The molecular weight excluding hydrogens is 204 g/mol. The zero-order valence-corrected chi connectivity index (χ0v) is 9.32. The molecule has 0 fully saturated rings. The van der Waals surface area contributed by atoms with Crippen LogP contribution in [-0.4, -0.2) is 18.0 Å². The first-order chi connectivity index (χ1) is 6.20. The van der Waals surface area contributed by atoms with Crippen molar-refractivity contribution in [2.75, 3.05) is 12.9 Å². The van der Waals surface area contributed by atoms with Gasteiger partial charge >= 0.3 is 0 Å². The van der Waals surface area contributed by atoms with E-state index in [-0.39, 0.29) is 12.5 Å². The largest absolute Gasteiger partial charge is 0.396 e. The summed E-state index contributed by atoms with van der Waals surface area (Å²) in [5, 5.41) is 9.79. The predicted octanol–water partition coefficient (Wildman–Crippen LogP) is 3.16. The maximum absolute atomic E-state index is 9.01. The van der Waals surface area contributed by atoms with Gasteiger partial charge in [-0.1, -0.05) is 30.7 Å². The molecule has 0 spiro atoms. The second-order valence-corrected chi connectivity index (χ2v) is 4.17. The lowest BCUT2D eigenvalue weighted by Crippen LogP contribution is -1.99. The Morgan fingerprint density at radius 3 is 2.77 bits per heavy atom. The van der Waals surface area contributed by atoms with E-state index >= 15 is 0 Å². The van der Waals surface area contributed by atoms with Crippen LogP contribution in [0.5, 0.6) is 0 Å². The van der Waals surface area contributed by atoms with Gasteiger partial charge in [-0.25, -0.2) is 0 Å². The molecule has 1 nitrogen and oxygen atoms in total. The van der Waals surface area contributed by atoms with E-state index in [9.17, 15) is 0 Å². The van der Waals surface area contributed by atoms with E-state index in [1.807, 2.05) is 31.4 Å². The third-order valence-electron chi connectivity index (χ3n) is 2.02. The van der Waals surface area contributed by atoms with Gasteiger partial charge in [0.2, 0.25) is 0 Å². The summed E-state index contributed by atoms with van der Waals surface area (Å²) in [4.78, 5) is 1.07. The van der Waals surface area contributed by atoms with Gasteiger partial charge in [-0.3, -0.25) is 0 Å². The van der Waals surface area contributed by atoms with Crippen molar-refractivity contribution >= 4 is 23.4 Å². The Kier molecular flexibility index (Phi) is 4.10. The van der Waals surface area contributed by atoms with E-state index in [4.69, 9.17) is 16.7 Å². The molecule has 1 atom stereocenters. The molecule has 0 radical (unpaired) electrons. The number of benzene rings is 1. The molecule has 0 heterocycles. The van der Waals surface area contributed by atoms with Crippen LogP contribution in [0.1, 0.15) is 18.4 Å². The van der Waals surface area contributed by atoms with Crippen molar-refractivity contribution in [3.63, 3.8) is 0 Å². The highest BCUT2D eigenvalue weighted by Crippen LogP contribution is 2.32. The van der Waals surface area contributed by atoms with Crippen LogP contribution >= 0.6 is 23.4 Å². The minimum absolute atomic E-state index is 0.111. The molecule has 1 unspecified atom stereocenters. The zero-order chi connectivity index (χ0) is 9.84. The molecule has 72 valence electrons. The Balaban J connectivity index is 3.08.